The molecule has 0 spiro atoms. The number of rotatable bonds is 11. The lowest BCUT2D eigenvalue weighted by molar-refractivity contribution is -0.129. The van der Waals surface area contributed by atoms with Crippen LogP contribution in [0.15, 0.2) is 103 Å². The maximum absolute atomic E-state index is 13.7. The smallest absolute Gasteiger partial charge is 0.242 e. The summed E-state index contributed by atoms with van der Waals surface area (Å²) in [5, 5.41) is 6.01. The van der Waals surface area contributed by atoms with Gasteiger partial charge in [0.15, 0.2) is 0 Å². The zero-order chi connectivity index (χ0) is 26.7. The average molecular weight is 509 g/mol. The predicted octanol–water partition coefficient (Wildman–Crippen LogP) is 4.24. The Kier molecular flexibility index (Phi) is 9.07. The number of pyridine rings is 1. The van der Waals surface area contributed by atoms with Crippen LogP contribution in [-0.4, -0.2) is 29.9 Å². The Morgan fingerprint density at radius 1 is 0.842 bits per heavy atom. The third kappa shape index (κ3) is 7.20. The van der Waals surface area contributed by atoms with E-state index in [1.165, 1.54) is 0 Å². The van der Waals surface area contributed by atoms with Crippen molar-refractivity contribution in [3.05, 3.63) is 126 Å². The van der Waals surface area contributed by atoms with E-state index in [1.54, 1.807) is 19.4 Å². The number of nitrogens with two attached hydrogens (primary N) is 1. The highest BCUT2D eigenvalue weighted by Gasteiger charge is 2.27. The molecule has 0 saturated carbocycles. The Morgan fingerprint density at radius 2 is 1.47 bits per heavy atom. The number of benzene rings is 3. The molecule has 38 heavy (non-hydrogen) atoms. The van der Waals surface area contributed by atoms with E-state index in [2.05, 4.69) is 15.6 Å². The largest absolute Gasteiger partial charge is 0.497 e. The highest BCUT2D eigenvalue weighted by atomic mass is 16.5. The fraction of sp³-hybridized carbons (Fsp3) is 0.194. The van der Waals surface area contributed by atoms with Crippen molar-refractivity contribution in [2.75, 3.05) is 12.8 Å². The van der Waals surface area contributed by atoms with Crippen LogP contribution in [0.4, 0.5) is 5.82 Å². The minimum absolute atomic E-state index is 0.235. The van der Waals surface area contributed by atoms with Crippen molar-refractivity contribution >= 4 is 17.6 Å². The fourth-order valence-electron chi connectivity index (χ4n) is 4.33. The summed E-state index contributed by atoms with van der Waals surface area (Å²) in [6.45, 7) is 0.332. The number of aryl methyl sites for hydroxylation is 1. The molecule has 1 atom stereocenters. The van der Waals surface area contributed by atoms with Crippen molar-refractivity contribution in [3.63, 3.8) is 0 Å². The van der Waals surface area contributed by atoms with Crippen LogP contribution in [0.1, 0.15) is 34.6 Å². The van der Waals surface area contributed by atoms with Crippen molar-refractivity contribution < 1.29 is 14.3 Å². The second kappa shape index (κ2) is 13.1. The number of amides is 2. The van der Waals surface area contributed by atoms with Gasteiger partial charge in [-0.15, -0.1) is 0 Å². The first-order chi connectivity index (χ1) is 18.5. The minimum Gasteiger partial charge on any atom is -0.497 e. The van der Waals surface area contributed by atoms with Crippen molar-refractivity contribution in [2.45, 2.75) is 31.3 Å². The van der Waals surface area contributed by atoms with E-state index in [0.29, 0.717) is 25.2 Å². The van der Waals surface area contributed by atoms with E-state index in [-0.39, 0.29) is 11.8 Å². The number of nitrogens with zero attached hydrogens (tertiary/aromatic N) is 1. The summed E-state index contributed by atoms with van der Waals surface area (Å²) in [5.41, 5.74) is 9.43. The molecule has 0 unspecified atom stereocenters. The van der Waals surface area contributed by atoms with Crippen LogP contribution >= 0.6 is 0 Å². The fourth-order valence-corrected chi connectivity index (χ4v) is 4.33. The number of ether oxygens (including phenoxy) is 1. The average Bonchev–Trinajstić information content (AvgIpc) is 2.95. The molecule has 0 aliphatic heterocycles. The SMILES string of the molecule is COc1ccc(CNC(=O)[C@@H](CCc2ccnc(N)c2)NC(=O)C(c2ccccc2)c2ccccc2)cc1. The molecule has 0 aliphatic carbocycles. The maximum Gasteiger partial charge on any atom is 0.242 e. The van der Waals surface area contributed by atoms with Crippen LogP contribution in [0.2, 0.25) is 0 Å². The predicted molar refractivity (Wildman–Crippen MR) is 148 cm³/mol. The standard InChI is InChI=1S/C31H32N4O3/c1-38-26-15-12-23(13-16-26)21-34-30(36)27(17-14-22-18-19-33-28(32)20-22)35-31(37)29(24-8-4-2-5-9-24)25-10-6-3-7-11-25/h2-13,15-16,18-20,27,29H,14,17,21H2,1H3,(H2,32,33)(H,34,36)(H,35,37)/t27-/m1/s1. The van der Waals surface area contributed by atoms with Crippen molar-refractivity contribution in [1.82, 2.24) is 15.6 Å². The molecule has 4 rings (SSSR count). The Hall–Kier alpha value is -4.65. The normalized spacial score (nSPS) is 11.5. The van der Waals surface area contributed by atoms with E-state index in [4.69, 9.17) is 10.5 Å². The third-order valence-corrected chi connectivity index (χ3v) is 6.35. The van der Waals surface area contributed by atoms with Crippen molar-refractivity contribution in [1.29, 1.82) is 0 Å². The molecule has 0 aliphatic rings. The molecule has 4 aromatic rings. The maximum atomic E-state index is 13.7. The Bertz CT molecular complexity index is 1290. The van der Waals surface area contributed by atoms with Crippen LogP contribution in [0.3, 0.4) is 0 Å². The number of aromatic nitrogens is 1. The second-order valence-electron chi connectivity index (χ2n) is 9.01. The van der Waals surface area contributed by atoms with Gasteiger partial charge in [0, 0.05) is 12.7 Å². The zero-order valence-electron chi connectivity index (χ0n) is 21.3. The Labute approximate surface area is 223 Å². The molecule has 0 fully saturated rings. The van der Waals surface area contributed by atoms with Crippen LogP contribution in [0.5, 0.6) is 5.75 Å². The lowest BCUT2D eigenvalue weighted by Gasteiger charge is -2.23. The molecule has 194 valence electrons. The molecule has 1 aromatic heterocycles. The number of methoxy groups -OCH3 is 1. The molecular weight excluding hydrogens is 476 g/mol. The lowest BCUT2D eigenvalue weighted by atomic mass is 9.90. The molecule has 7 nitrogen and oxygen atoms in total. The summed E-state index contributed by atoms with van der Waals surface area (Å²) in [6.07, 6.45) is 2.59. The summed E-state index contributed by atoms with van der Waals surface area (Å²) < 4.78 is 5.21. The number of anilines is 1. The van der Waals surface area contributed by atoms with E-state index in [0.717, 1.165) is 28.0 Å². The molecule has 3 aromatic carbocycles. The van der Waals surface area contributed by atoms with Gasteiger partial charge >= 0.3 is 0 Å². The topological polar surface area (TPSA) is 106 Å². The first-order valence-electron chi connectivity index (χ1n) is 12.5. The first-order valence-corrected chi connectivity index (χ1v) is 12.5. The zero-order valence-corrected chi connectivity index (χ0v) is 21.3. The Balaban J connectivity index is 1.53. The van der Waals surface area contributed by atoms with Gasteiger partial charge in [0.2, 0.25) is 11.8 Å². The van der Waals surface area contributed by atoms with Gasteiger partial charge in [-0.05, 0) is 59.4 Å². The van der Waals surface area contributed by atoms with Gasteiger partial charge in [-0.1, -0.05) is 72.8 Å². The van der Waals surface area contributed by atoms with Gasteiger partial charge in [-0.3, -0.25) is 9.59 Å². The minimum atomic E-state index is -0.745. The van der Waals surface area contributed by atoms with Gasteiger partial charge in [0.05, 0.1) is 13.0 Å². The number of carbonyl (C=O) groups excluding carboxylic acids is 2. The molecule has 0 bridgehead atoms. The molecule has 4 N–H and O–H groups in total. The van der Waals surface area contributed by atoms with Gasteiger partial charge < -0.3 is 21.1 Å². The number of nitrogens with one attached hydrogen (secondary N) is 2. The van der Waals surface area contributed by atoms with Gasteiger partial charge in [-0.25, -0.2) is 4.98 Å². The van der Waals surface area contributed by atoms with E-state index in [1.807, 2.05) is 91.0 Å². The Morgan fingerprint density at radius 3 is 2.05 bits per heavy atom. The third-order valence-electron chi connectivity index (χ3n) is 6.35. The molecule has 2 amide bonds. The summed E-state index contributed by atoms with van der Waals surface area (Å²) >= 11 is 0. The summed E-state index contributed by atoms with van der Waals surface area (Å²) in [7, 11) is 1.61. The van der Waals surface area contributed by atoms with Gasteiger partial charge in [0.1, 0.15) is 17.6 Å². The number of nitrogen functional groups attached to an aromatic ring is 1. The monoisotopic (exact) mass is 508 g/mol. The van der Waals surface area contributed by atoms with Gasteiger partial charge in [-0.2, -0.15) is 0 Å². The van der Waals surface area contributed by atoms with Crippen LogP contribution in [0, 0.1) is 0 Å². The van der Waals surface area contributed by atoms with Gasteiger partial charge in [0.25, 0.3) is 0 Å². The molecular formula is C31H32N4O3. The molecule has 0 radical (unpaired) electrons. The van der Waals surface area contributed by atoms with Crippen molar-refractivity contribution in [2.24, 2.45) is 0 Å². The molecule has 1 heterocycles. The first kappa shape index (κ1) is 26.4. The molecule has 0 saturated heterocycles. The number of hydrogen-bond acceptors (Lipinski definition) is 5. The van der Waals surface area contributed by atoms with Crippen molar-refractivity contribution in [3.8, 4) is 5.75 Å². The van der Waals surface area contributed by atoms with E-state index < -0.39 is 12.0 Å². The highest BCUT2D eigenvalue weighted by molar-refractivity contribution is 5.92. The van der Waals surface area contributed by atoms with E-state index >= 15 is 0 Å². The second-order valence-corrected chi connectivity index (χ2v) is 9.01. The van der Waals surface area contributed by atoms with Crippen LogP contribution in [0.25, 0.3) is 0 Å². The lowest BCUT2D eigenvalue weighted by Crippen LogP contribution is -2.48. The summed E-state index contributed by atoms with van der Waals surface area (Å²) in [6, 6.07) is 29.6. The molecule has 7 heteroatoms. The highest BCUT2D eigenvalue weighted by Crippen LogP contribution is 2.25. The summed E-state index contributed by atoms with van der Waals surface area (Å²) in [4.78, 5) is 31.1. The van der Waals surface area contributed by atoms with Crippen LogP contribution in [-0.2, 0) is 22.6 Å². The van der Waals surface area contributed by atoms with E-state index in [9.17, 15) is 9.59 Å². The van der Waals surface area contributed by atoms with Crippen LogP contribution < -0.4 is 21.1 Å². The number of hydrogen-bond donors (Lipinski definition) is 3. The summed E-state index contributed by atoms with van der Waals surface area (Å²) in [5.74, 6) is 0.123. The number of carbonyl (C=O) groups is 2. The quantitative estimate of drug-likeness (QED) is 0.281.